The van der Waals surface area contributed by atoms with Gasteiger partial charge in [0.1, 0.15) is 5.82 Å². The highest BCUT2D eigenvalue weighted by molar-refractivity contribution is 6.02. The van der Waals surface area contributed by atoms with E-state index in [1.54, 1.807) is 12.1 Å². The smallest absolute Gasteiger partial charge is 0.256 e. The number of fused-ring (bicyclic) bond motifs is 3. The second-order valence-electron chi connectivity index (χ2n) is 8.21. The van der Waals surface area contributed by atoms with Crippen molar-refractivity contribution < 1.29 is 14.0 Å². The molecule has 4 nitrogen and oxygen atoms in total. The van der Waals surface area contributed by atoms with Gasteiger partial charge < -0.3 is 9.80 Å². The van der Waals surface area contributed by atoms with Crippen LogP contribution in [0.4, 0.5) is 4.39 Å². The first-order valence-corrected chi connectivity index (χ1v) is 10.6. The molecule has 1 unspecified atom stereocenters. The van der Waals surface area contributed by atoms with Crippen LogP contribution in [-0.2, 0) is 16.9 Å². The van der Waals surface area contributed by atoms with Crippen LogP contribution in [0.15, 0.2) is 72.8 Å². The van der Waals surface area contributed by atoms with E-state index in [-0.39, 0.29) is 17.6 Å². The van der Waals surface area contributed by atoms with Crippen molar-refractivity contribution in [2.24, 2.45) is 0 Å². The van der Waals surface area contributed by atoms with Crippen LogP contribution in [0.5, 0.6) is 0 Å². The summed E-state index contributed by atoms with van der Waals surface area (Å²) in [6, 6.07) is 21.9. The molecule has 0 aliphatic carbocycles. The SMILES string of the molecule is Cc1ccc(C23c4ccccc4C(=O)N2CCN3C(=O)CCc2ccc(F)cc2)cc1. The molecule has 0 spiro atoms. The third kappa shape index (κ3) is 2.95. The maximum atomic E-state index is 13.5. The molecule has 2 aliphatic heterocycles. The highest BCUT2D eigenvalue weighted by Crippen LogP contribution is 2.49. The molecule has 0 radical (unpaired) electrons. The van der Waals surface area contributed by atoms with Gasteiger partial charge in [-0.25, -0.2) is 4.39 Å². The Morgan fingerprint density at radius 2 is 1.68 bits per heavy atom. The average molecular weight is 414 g/mol. The Morgan fingerprint density at radius 1 is 0.968 bits per heavy atom. The number of hydrogen-bond donors (Lipinski definition) is 0. The molecule has 5 rings (SSSR count). The fourth-order valence-corrected chi connectivity index (χ4v) is 4.92. The highest BCUT2D eigenvalue weighted by Gasteiger charge is 2.59. The van der Waals surface area contributed by atoms with Gasteiger partial charge in [0, 0.05) is 36.2 Å². The summed E-state index contributed by atoms with van der Waals surface area (Å²) >= 11 is 0. The summed E-state index contributed by atoms with van der Waals surface area (Å²) in [6.45, 7) is 2.99. The van der Waals surface area contributed by atoms with E-state index in [2.05, 4.69) is 0 Å². The van der Waals surface area contributed by atoms with Crippen LogP contribution in [0, 0.1) is 12.7 Å². The standard InChI is InChI=1S/C26H23FN2O2/c1-18-6-11-20(12-7-18)26-23-5-3-2-4-22(23)25(31)29(26)17-16-28(26)24(30)15-10-19-8-13-21(27)14-9-19/h2-9,11-14H,10,15-17H2,1H3. The molecule has 31 heavy (non-hydrogen) atoms. The number of amides is 2. The zero-order valence-corrected chi connectivity index (χ0v) is 17.3. The third-order valence-electron chi connectivity index (χ3n) is 6.40. The van der Waals surface area contributed by atoms with Gasteiger partial charge in [0.15, 0.2) is 5.66 Å². The summed E-state index contributed by atoms with van der Waals surface area (Å²) in [5.41, 5.74) is 3.55. The number of aryl methyl sites for hydroxylation is 2. The molecule has 0 aromatic heterocycles. The van der Waals surface area contributed by atoms with Gasteiger partial charge in [-0.15, -0.1) is 0 Å². The average Bonchev–Trinajstić information content (AvgIpc) is 3.29. The van der Waals surface area contributed by atoms with Crippen molar-refractivity contribution in [2.75, 3.05) is 13.1 Å². The van der Waals surface area contributed by atoms with Crippen LogP contribution < -0.4 is 0 Å². The first-order valence-electron chi connectivity index (χ1n) is 10.6. The maximum Gasteiger partial charge on any atom is 0.256 e. The van der Waals surface area contributed by atoms with Crippen molar-refractivity contribution in [1.29, 1.82) is 0 Å². The summed E-state index contributed by atoms with van der Waals surface area (Å²) < 4.78 is 13.2. The number of carbonyl (C=O) groups is 2. The molecule has 2 aliphatic rings. The van der Waals surface area contributed by atoms with Crippen molar-refractivity contribution in [2.45, 2.75) is 25.4 Å². The quantitative estimate of drug-likeness (QED) is 0.640. The molecule has 5 heteroatoms. The third-order valence-corrected chi connectivity index (χ3v) is 6.40. The Labute approximate surface area is 180 Å². The van der Waals surface area contributed by atoms with E-state index in [1.807, 2.05) is 65.3 Å². The molecule has 3 aromatic rings. The van der Waals surface area contributed by atoms with Gasteiger partial charge in [-0.05, 0) is 37.1 Å². The zero-order valence-electron chi connectivity index (χ0n) is 17.3. The molecule has 0 saturated carbocycles. The highest BCUT2D eigenvalue weighted by atomic mass is 19.1. The van der Waals surface area contributed by atoms with E-state index in [0.29, 0.717) is 31.5 Å². The lowest BCUT2D eigenvalue weighted by Crippen LogP contribution is -2.51. The molecule has 156 valence electrons. The topological polar surface area (TPSA) is 40.6 Å². The van der Waals surface area contributed by atoms with Gasteiger partial charge in [0.2, 0.25) is 5.91 Å². The lowest BCUT2D eigenvalue weighted by atomic mass is 9.89. The summed E-state index contributed by atoms with van der Waals surface area (Å²) in [5, 5.41) is 0. The van der Waals surface area contributed by atoms with Gasteiger partial charge in [-0.2, -0.15) is 0 Å². The molecule has 0 N–H and O–H groups in total. The molecule has 1 saturated heterocycles. The molecular formula is C26H23FN2O2. The van der Waals surface area contributed by atoms with Crippen molar-refractivity contribution in [1.82, 2.24) is 9.80 Å². The largest absolute Gasteiger partial charge is 0.310 e. The van der Waals surface area contributed by atoms with Crippen molar-refractivity contribution in [3.63, 3.8) is 0 Å². The van der Waals surface area contributed by atoms with Crippen LogP contribution in [0.25, 0.3) is 0 Å². The summed E-state index contributed by atoms with van der Waals surface area (Å²) in [5.74, 6) is -0.341. The molecule has 2 heterocycles. The Bertz CT molecular complexity index is 1160. The summed E-state index contributed by atoms with van der Waals surface area (Å²) in [4.78, 5) is 30.4. The molecular weight excluding hydrogens is 391 g/mol. The number of nitrogens with zero attached hydrogens (tertiary/aromatic N) is 2. The second kappa shape index (κ2) is 7.34. The van der Waals surface area contributed by atoms with Gasteiger partial charge in [-0.1, -0.05) is 60.2 Å². The van der Waals surface area contributed by atoms with Crippen LogP contribution in [0.2, 0.25) is 0 Å². The Balaban J connectivity index is 1.55. The van der Waals surface area contributed by atoms with Crippen LogP contribution in [0.3, 0.4) is 0 Å². The Kier molecular flexibility index (Phi) is 4.62. The first-order chi connectivity index (χ1) is 15.0. The van der Waals surface area contributed by atoms with E-state index in [9.17, 15) is 14.0 Å². The maximum absolute atomic E-state index is 13.5. The van der Waals surface area contributed by atoms with Gasteiger partial charge >= 0.3 is 0 Å². The molecule has 1 atom stereocenters. The van der Waals surface area contributed by atoms with E-state index in [1.165, 1.54) is 12.1 Å². The predicted molar refractivity (Wildman–Crippen MR) is 116 cm³/mol. The van der Waals surface area contributed by atoms with Crippen LogP contribution >= 0.6 is 0 Å². The minimum absolute atomic E-state index is 0.0168. The lowest BCUT2D eigenvalue weighted by molar-refractivity contribution is -0.136. The van der Waals surface area contributed by atoms with Crippen molar-refractivity contribution in [3.8, 4) is 0 Å². The van der Waals surface area contributed by atoms with Gasteiger partial charge in [0.05, 0.1) is 0 Å². The number of rotatable bonds is 4. The van der Waals surface area contributed by atoms with Crippen molar-refractivity contribution in [3.05, 3.63) is 106 Å². The molecule has 1 fully saturated rings. The van der Waals surface area contributed by atoms with Crippen molar-refractivity contribution >= 4 is 11.8 Å². The zero-order chi connectivity index (χ0) is 21.6. The minimum atomic E-state index is -0.915. The molecule has 0 bridgehead atoms. The number of benzene rings is 3. The summed E-state index contributed by atoms with van der Waals surface area (Å²) in [6.07, 6.45) is 0.818. The first kappa shape index (κ1) is 19.5. The minimum Gasteiger partial charge on any atom is -0.310 e. The molecule has 2 amide bonds. The number of hydrogen-bond acceptors (Lipinski definition) is 2. The van der Waals surface area contributed by atoms with E-state index in [4.69, 9.17) is 0 Å². The van der Waals surface area contributed by atoms with E-state index >= 15 is 0 Å². The number of halogens is 1. The van der Waals surface area contributed by atoms with E-state index < -0.39 is 5.66 Å². The Hall–Kier alpha value is -3.47. The monoisotopic (exact) mass is 414 g/mol. The fraction of sp³-hybridized carbons (Fsp3) is 0.231. The lowest BCUT2D eigenvalue weighted by Gasteiger charge is -2.40. The normalized spacial score (nSPS) is 19.5. The Morgan fingerprint density at radius 3 is 2.42 bits per heavy atom. The fourth-order valence-electron chi connectivity index (χ4n) is 4.92. The predicted octanol–water partition coefficient (Wildman–Crippen LogP) is 4.27. The molecule has 3 aromatic carbocycles. The second-order valence-corrected chi connectivity index (χ2v) is 8.21. The van der Waals surface area contributed by atoms with Crippen LogP contribution in [0.1, 0.15) is 39.0 Å². The summed E-state index contributed by atoms with van der Waals surface area (Å²) in [7, 11) is 0. The van der Waals surface area contributed by atoms with E-state index in [0.717, 1.165) is 22.3 Å². The van der Waals surface area contributed by atoms with Gasteiger partial charge in [0.25, 0.3) is 5.91 Å². The van der Waals surface area contributed by atoms with Crippen LogP contribution in [-0.4, -0.2) is 34.7 Å². The van der Waals surface area contributed by atoms with Gasteiger partial charge in [-0.3, -0.25) is 9.59 Å². The number of carbonyl (C=O) groups excluding carboxylic acids is 2.